The highest BCUT2D eigenvalue weighted by molar-refractivity contribution is 7.10. The van der Waals surface area contributed by atoms with Crippen molar-refractivity contribution in [3.05, 3.63) is 51.7 Å². The van der Waals surface area contributed by atoms with E-state index in [2.05, 4.69) is 0 Å². The number of carbonyl (C=O) groups is 1. The van der Waals surface area contributed by atoms with Gasteiger partial charge in [0, 0.05) is 21.4 Å². The van der Waals surface area contributed by atoms with Crippen LogP contribution in [0.3, 0.4) is 0 Å². The zero-order valence-corrected chi connectivity index (χ0v) is 10.7. The Morgan fingerprint density at radius 3 is 2.47 bits per heavy atom. The third-order valence-electron chi connectivity index (χ3n) is 2.42. The molecule has 0 bridgehead atoms. The summed E-state index contributed by atoms with van der Waals surface area (Å²) in [5.74, 6) is 0.864. The van der Waals surface area contributed by atoms with Crippen LogP contribution in [0.25, 0.3) is 0 Å². The number of rotatable bonds is 4. The van der Waals surface area contributed by atoms with Crippen LogP contribution in [-0.4, -0.2) is 12.4 Å². The number of thiophene rings is 1. The number of ether oxygens (including phenoxy) is 1. The standard InChI is InChI=1S/C14H14O2S/c1-3-16-13-6-4-11(5-7-13)14(15)12-8-10(2)17-9-12/h4-9H,3H2,1-2H3. The lowest BCUT2D eigenvalue weighted by molar-refractivity contribution is 0.103. The minimum Gasteiger partial charge on any atom is -0.494 e. The highest BCUT2D eigenvalue weighted by atomic mass is 32.1. The third kappa shape index (κ3) is 2.74. The summed E-state index contributed by atoms with van der Waals surface area (Å²) in [6.45, 7) is 4.57. The molecular formula is C14H14O2S. The molecule has 0 aliphatic carbocycles. The van der Waals surface area contributed by atoms with E-state index in [-0.39, 0.29) is 5.78 Å². The molecule has 1 aromatic carbocycles. The topological polar surface area (TPSA) is 26.3 Å². The van der Waals surface area contributed by atoms with Gasteiger partial charge < -0.3 is 4.74 Å². The first kappa shape index (κ1) is 11.9. The van der Waals surface area contributed by atoms with Crippen molar-refractivity contribution < 1.29 is 9.53 Å². The van der Waals surface area contributed by atoms with Gasteiger partial charge in [-0.25, -0.2) is 0 Å². The molecule has 1 aromatic heterocycles. The smallest absolute Gasteiger partial charge is 0.193 e. The molecular weight excluding hydrogens is 232 g/mol. The first-order valence-electron chi connectivity index (χ1n) is 5.53. The molecule has 0 aliphatic heterocycles. The molecule has 3 heteroatoms. The van der Waals surface area contributed by atoms with E-state index in [1.807, 2.05) is 37.4 Å². The van der Waals surface area contributed by atoms with E-state index in [4.69, 9.17) is 4.74 Å². The predicted octanol–water partition coefficient (Wildman–Crippen LogP) is 3.69. The highest BCUT2D eigenvalue weighted by Gasteiger charge is 2.10. The van der Waals surface area contributed by atoms with Gasteiger partial charge in [-0.05, 0) is 44.2 Å². The second-order valence-electron chi connectivity index (χ2n) is 3.73. The van der Waals surface area contributed by atoms with E-state index in [1.54, 1.807) is 23.5 Å². The van der Waals surface area contributed by atoms with Gasteiger partial charge in [-0.2, -0.15) is 0 Å². The molecule has 1 heterocycles. The van der Waals surface area contributed by atoms with Gasteiger partial charge in [-0.3, -0.25) is 4.79 Å². The summed E-state index contributed by atoms with van der Waals surface area (Å²) >= 11 is 1.59. The quantitative estimate of drug-likeness (QED) is 0.769. The van der Waals surface area contributed by atoms with Gasteiger partial charge in [0.05, 0.1) is 6.61 Å². The van der Waals surface area contributed by atoms with Gasteiger partial charge in [-0.15, -0.1) is 11.3 Å². The molecule has 0 atom stereocenters. The molecule has 0 unspecified atom stereocenters. The second-order valence-corrected chi connectivity index (χ2v) is 4.85. The van der Waals surface area contributed by atoms with Crippen LogP contribution in [0, 0.1) is 6.92 Å². The summed E-state index contributed by atoms with van der Waals surface area (Å²) in [5, 5.41) is 1.90. The second kappa shape index (κ2) is 5.15. The molecule has 2 nitrogen and oxygen atoms in total. The van der Waals surface area contributed by atoms with Crippen molar-refractivity contribution >= 4 is 17.1 Å². The molecule has 0 amide bonds. The molecule has 17 heavy (non-hydrogen) atoms. The van der Waals surface area contributed by atoms with Crippen molar-refractivity contribution in [1.29, 1.82) is 0 Å². The average molecular weight is 246 g/mol. The highest BCUT2D eigenvalue weighted by Crippen LogP contribution is 2.19. The molecule has 2 rings (SSSR count). The Bertz CT molecular complexity index is 511. The fourth-order valence-electron chi connectivity index (χ4n) is 1.60. The molecule has 2 aromatic rings. The maximum Gasteiger partial charge on any atom is 0.193 e. The summed E-state index contributed by atoms with van der Waals surface area (Å²) in [7, 11) is 0. The van der Waals surface area contributed by atoms with Crippen LogP contribution < -0.4 is 4.74 Å². The summed E-state index contributed by atoms with van der Waals surface area (Å²) in [4.78, 5) is 13.2. The van der Waals surface area contributed by atoms with Gasteiger partial charge in [0.2, 0.25) is 0 Å². The SMILES string of the molecule is CCOc1ccc(C(=O)c2csc(C)c2)cc1. The van der Waals surface area contributed by atoms with Gasteiger partial charge in [0.1, 0.15) is 5.75 Å². The number of carbonyl (C=O) groups excluding carboxylic acids is 1. The van der Waals surface area contributed by atoms with Crippen LogP contribution in [-0.2, 0) is 0 Å². The zero-order valence-electron chi connectivity index (χ0n) is 9.90. The maximum absolute atomic E-state index is 12.1. The maximum atomic E-state index is 12.1. The third-order valence-corrected chi connectivity index (χ3v) is 3.28. The van der Waals surface area contributed by atoms with E-state index in [1.165, 1.54) is 0 Å². The largest absolute Gasteiger partial charge is 0.494 e. The fraction of sp³-hybridized carbons (Fsp3) is 0.214. The van der Waals surface area contributed by atoms with Crippen molar-refractivity contribution in [1.82, 2.24) is 0 Å². The average Bonchev–Trinajstić information content (AvgIpc) is 2.76. The summed E-state index contributed by atoms with van der Waals surface area (Å²) < 4.78 is 5.34. The minimum absolute atomic E-state index is 0.0670. The first-order chi connectivity index (χ1) is 8.20. The number of benzene rings is 1. The molecule has 0 saturated heterocycles. The van der Waals surface area contributed by atoms with Crippen LogP contribution in [0.2, 0.25) is 0 Å². The lowest BCUT2D eigenvalue weighted by Gasteiger charge is -2.03. The van der Waals surface area contributed by atoms with Gasteiger partial charge >= 0.3 is 0 Å². The lowest BCUT2D eigenvalue weighted by Crippen LogP contribution is -1.99. The zero-order chi connectivity index (χ0) is 12.3. The molecule has 0 radical (unpaired) electrons. The molecule has 0 N–H and O–H groups in total. The molecule has 0 saturated carbocycles. The monoisotopic (exact) mass is 246 g/mol. The molecule has 0 aliphatic rings. The number of aryl methyl sites for hydroxylation is 1. The van der Waals surface area contributed by atoms with Crippen LogP contribution in [0.5, 0.6) is 5.75 Å². The Labute approximate surface area is 105 Å². The summed E-state index contributed by atoms with van der Waals surface area (Å²) in [6.07, 6.45) is 0. The van der Waals surface area contributed by atoms with Gasteiger partial charge in [0.15, 0.2) is 5.78 Å². The van der Waals surface area contributed by atoms with Crippen LogP contribution in [0.15, 0.2) is 35.7 Å². The Morgan fingerprint density at radius 2 is 1.94 bits per heavy atom. The van der Waals surface area contributed by atoms with E-state index < -0.39 is 0 Å². The van der Waals surface area contributed by atoms with Crippen molar-refractivity contribution in [2.45, 2.75) is 13.8 Å². The Morgan fingerprint density at radius 1 is 1.24 bits per heavy atom. The van der Waals surface area contributed by atoms with Crippen molar-refractivity contribution in [3.63, 3.8) is 0 Å². The van der Waals surface area contributed by atoms with Crippen molar-refractivity contribution in [3.8, 4) is 5.75 Å². The minimum atomic E-state index is 0.0670. The number of hydrogen-bond acceptors (Lipinski definition) is 3. The van der Waals surface area contributed by atoms with Gasteiger partial charge in [0.25, 0.3) is 0 Å². The first-order valence-corrected chi connectivity index (χ1v) is 6.41. The van der Waals surface area contributed by atoms with Crippen LogP contribution in [0.1, 0.15) is 27.7 Å². The Kier molecular flexibility index (Phi) is 3.59. The van der Waals surface area contributed by atoms with Gasteiger partial charge in [-0.1, -0.05) is 0 Å². The van der Waals surface area contributed by atoms with E-state index in [0.717, 1.165) is 16.2 Å². The molecule has 0 fully saturated rings. The Hall–Kier alpha value is -1.61. The van der Waals surface area contributed by atoms with Crippen LogP contribution >= 0.6 is 11.3 Å². The fourth-order valence-corrected chi connectivity index (χ4v) is 2.28. The predicted molar refractivity (Wildman–Crippen MR) is 70.1 cm³/mol. The summed E-state index contributed by atoms with van der Waals surface area (Å²) in [5.41, 5.74) is 1.46. The van der Waals surface area contributed by atoms with Crippen molar-refractivity contribution in [2.24, 2.45) is 0 Å². The molecule has 88 valence electrons. The lowest BCUT2D eigenvalue weighted by atomic mass is 10.1. The molecule has 0 spiro atoms. The summed E-state index contributed by atoms with van der Waals surface area (Å²) in [6, 6.07) is 9.19. The van der Waals surface area contributed by atoms with E-state index in [0.29, 0.717) is 12.2 Å². The normalized spacial score (nSPS) is 10.2. The number of hydrogen-bond donors (Lipinski definition) is 0. The Balaban J connectivity index is 2.20. The van der Waals surface area contributed by atoms with E-state index in [9.17, 15) is 4.79 Å². The van der Waals surface area contributed by atoms with Crippen LogP contribution in [0.4, 0.5) is 0 Å². The number of ketones is 1. The van der Waals surface area contributed by atoms with Crippen molar-refractivity contribution in [2.75, 3.05) is 6.61 Å². The van der Waals surface area contributed by atoms with E-state index >= 15 is 0 Å².